The first-order valence-electron chi connectivity index (χ1n) is 3.18. The molecule has 1 aromatic heterocycles. The molecule has 0 fully saturated rings. The molecule has 0 unspecified atom stereocenters. The van der Waals surface area contributed by atoms with Crippen molar-refractivity contribution in [3.8, 4) is 18.4 Å². The maximum absolute atomic E-state index is 4.98. The van der Waals surface area contributed by atoms with Crippen molar-refractivity contribution in [1.82, 2.24) is 14.8 Å². The number of aromatic nitrogens is 3. The fourth-order valence-corrected chi connectivity index (χ4v) is 0.601. The van der Waals surface area contributed by atoms with Crippen LogP contribution in [0.25, 0.3) is 0 Å². The van der Waals surface area contributed by atoms with Gasteiger partial charge in [-0.2, -0.15) is 4.98 Å². The molecule has 58 valence electrons. The molecule has 0 N–H and O–H groups in total. The van der Waals surface area contributed by atoms with E-state index in [2.05, 4.69) is 16.0 Å². The van der Waals surface area contributed by atoms with Crippen LogP contribution in [-0.2, 0) is 7.05 Å². The van der Waals surface area contributed by atoms with Crippen LogP contribution in [-0.4, -0.2) is 21.4 Å². The van der Waals surface area contributed by atoms with Crippen molar-refractivity contribution in [2.75, 3.05) is 6.61 Å². The number of nitrogens with zero attached hydrogens (tertiary/aromatic N) is 3. The lowest BCUT2D eigenvalue weighted by atomic mass is 10.7. The van der Waals surface area contributed by atoms with Crippen LogP contribution < -0.4 is 4.74 Å². The fraction of sp³-hybridized carbons (Fsp3) is 0.429. The number of ether oxygens (including phenoxy) is 1. The van der Waals surface area contributed by atoms with Gasteiger partial charge in [-0.15, -0.1) is 11.5 Å². The highest BCUT2D eigenvalue weighted by molar-refractivity contribution is 4.97. The Morgan fingerprint density at radius 2 is 2.45 bits per heavy atom. The van der Waals surface area contributed by atoms with E-state index >= 15 is 0 Å². The van der Waals surface area contributed by atoms with E-state index in [9.17, 15) is 0 Å². The van der Waals surface area contributed by atoms with Crippen LogP contribution in [0, 0.1) is 19.3 Å². The van der Waals surface area contributed by atoms with Gasteiger partial charge in [0.2, 0.25) is 0 Å². The van der Waals surface area contributed by atoms with Crippen molar-refractivity contribution in [3.05, 3.63) is 5.82 Å². The first kappa shape index (κ1) is 7.61. The largest absolute Gasteiger partial charge is 0.449 e. The summed E-state index contributed by atoms with van der Waals surface area (Å²) in [7, 11) is 1.80. The van der Waals surface area contributed by atoms with Crippen molar-refractivity contribution < 1.29 is 4.74 Å². The fourth-order valence-electron chi connectivity index (χ4n) is 0.601. The molecular formula is C7H9N3O. The van der Waals surface area contributed by atoms with Gasteiger partial charge in [-0.1, -0.05) is 5.92 Å². The number of rotatable bonds is 2. The van der Waals surface area contributed by atoms with Crippen LogP contribution >= 0.6 is 0 Å². The van der Waals surface area contributed by atoms with Gasteiger partial charge in [-0.3, -0.25) is 0 Å². The number of aryl methyl sites for hydroxylation is 2. The first-order chi connectivity index (χ1) is 5.24. The van der Waals surface area contributed by atoms with Crippen molar-refractivity contribution in [3.63, 3.8) is 0 Å². The lowest BCUT2D eigenvalue weighted by Crippen LogP contribution is -1.96. The summed E-state index contributed by atoms with van der Waals surface area (Å²) in [6.45, 7) is 2.05. The minimum atomic E-state index is 0.212. The Labute approximate surface area is 65.2 Å². The molecule has 0 aliphatic carbocycles. The average Bonchev–Trinajstić information content (AvgIpc) is 2.28. The number of hydrogen-bond acceptors (Lipinski definition) is 3. The minimum absolute atomic E-state index is 0.212. The van der Waals surface area contributed by atoms with Crippen LogP contribution in [0.15, 0.2) is 0 Å². The van der Waals surface area contributed by atoms with Crippen LogP contribution in [0.5, 0.6) is 6.01 Å². The Morgan fingerprint density at radius 3 is 2.91 bits per heavy atom. The standard InChI is InChI=1S/C7H9N3O/c1-4-5-11-7-8-6(2)10(3)9-7/h1H,5H2,2-3H3. The molecule has 1 heterocycles. The van der Waals surface area contributed by atoms with Crippen molar-refractivity contribution in [2.24, 2.45) is 7.05 Å². The van der Waals surface area contributed by atoms with Crippen molar-refractivity contribution in [2.45, 2.75) is 6.92 Å². The van der Waals surface area contributed by atoms with Gasteiger partial charge in [0, 0.05) is 7.05 Å². The molecular weight excluding hydrogens is 142 g/mol. The lowest BCUT2D eigenvalue weighted by Gasteiger charge is -1.90. The molecule has 1 aromatic rings. The summed E-state index contributed by atoms with van der Waals surface area (Å²) in [4.78, 5) is 3.98. The normalized spacial score (nSPS) is 9.18. The Kier molecular flexibility index (Phi) is 2.12. The second-order valence-corrected chi connectivity index (χ2v) is 2.06. The molecule has 4 nitrogen and oxygen atoms in total. The average molecular weight is 151 g/mol. The highest BCUT2D eigenvalue weighted by atomic mass is 16.5. The summed E-state index contributed by atoms with van der Waals surface area (Å²) in [5.41, 5.74) is 0. The summed E-state index contributed by atoms with van der Waals surface area (Å²) in [6, 6.07) is 0.336. The van der Waals surface area contributed by atoms with Gasteiger partial charge >= 0.3 is 6.01 Å². The van der Waals surface area contributed by atoms with Crippen LogP contribution in [0.3, 0.4) is 0 Å². The van der Waals surface area contributed by atoms with Crippen molar-refractivity contribution >= 4 is 0 Å². The van der Waals surface area contributed by atoms with E-state index in [0.29, 0.717) is 6.01 Å². The van der Waals surface area contributed by atoms with Gasteiger partial charge in [0.05, 0.1) is 0 Å². The monoisotopic (exact) mass is 151 g/mol. The third-order valence-corrected chi connectivity index (χ3v) is 1.25. The molecule has 0 aliphatic rings. The maximum Gasteiger partial charge on any atom is 0.336 e. The molecule has 0 aromatic carbocycles. The molecule has 0 radical (unpaired) electrons. The van der Waals surface area contributed by atoms with E-state index in [-0.39, 0.29) is 6.61 Å². The van der Waals surface area contributed by atoms with Gasteiger partial charge in [0.15, 0.2) is 6.61 Å². The first-order valence-corrected chi connectivity index (χ1v) is 3.18. The molecule has 0 saturated carbocycles. The smallest absolute Gasteiger partial charge is 0.336 e. The summed E-state index contributed by atoms with van der Waals surface area (Å²) in [5, 5.41) is 3.94. The van der Waals surface area contributed by atoms with Gasteiger partial charge in [0.25, 0.3) is 0 Å². The molecule has 0 saturated heterocycles. The maximum atomic E-state index is 4.98. The zero-order valence-electron chi connectivity index (χ0n) is 6.53. The summed E-state index contributed by atoms with van der Waals surface area (Å²) in [5.74, 6) is 3.14. The lowest BCUT2D eigenvalue weighted by molar-refractivity contribution is 0.338. The van der Waals surface area contributed by atoms with Gasteiger partial charge in [0.1, 0.15) is 5.82 Å². The van der Waals surface area contributed by atoms with E-state index in [1.165, 1.54) is 0 Å². The molecule has 4 heteroatoms. The zero-order chi connectivity index (χ0) is 8.27. The molecule has 0 spiro atoms. The van der Waals surface area contributed by atoms with Gasteiger partial charge < -0.3 is 4.74 Å². The third kappa shape index (κ3) is 1.71. The van der Waals surface area contributed by atoms with E-state index in [0.717, 1.165) is 5.82 Å². The highest BCUT2D eigenvalue weighted by Crippen LogP contribution is 2.01. The van der Waals surface area contributed by atoms with Crippen LogP contribution in [0.4, 0.5) is 0 Å². The Balaban J connectivity index is 2.67. The van der Waals surface area contributed by atoms with Gasteiger partial charge in [-0.05, 0) is 6.92 Å². The molecule has 0 amide bonds. The molecule has 0 atom stereocenters. The summed E-state index contributed by atoms with van der Waals surface area (Å²) >= 11 is 0. The van der Waals surface area contributed by atoms with Crippen molar-refractivity contribution in [1.29, 1.82) is 0 Å². The van der Waals surface area contributed by atoms with E-state index in [1.807, 2.05) is 6.92 Å². The minimum Gasteiger partial charge on any atom is -0.449 e. The highest BCUT2D eigenvalue weighted by Gasteiger charge is 2.01. The molecule has 1 rings (SSSR count). The third-order valence-electron chi connectivity index (χ3n) is 1.25. The molecule has 11 heavy (non-hydrogen) atoms. The van der Waals surface area contributed by atoms with Crippen LogP contribution in [0.2, 0.25) is 0 Å². The molecule has 0 bridgehead atoms. The predicted octanol–water partition coefficient (Wildman–Crippen LogP) is 0.136. The van der Waals surface area contributed by atoms with Gasteiger partial charge in [-0.25, -0.2) is 4.68 Å². The Hall–Kier alpha value is -1.50. The number of hydrogen-bond donors (Lipinski definition) is 0. The Morgan fingerprint density at radius 1 is 1.73 bits per heavy atom. The number of terminal acetylenes is 1. The van der Waals surface area contributed by atoms with E-state index in [4.69, 9.17) is 11.2 Å². The second kappa shape index (κ2) is 3.06. The van der Waals surface area contributed by atoms with Crippen LogP contribution in [0.1, 0.15) is 5.82 Å². The topological polar surface area (TPSA) is 39.9 Å². The van der Waals surface area contributed by atoms with E-state index in [1.54, 1.807) is 11.7 Å². The second-order valence-electron chi connectivity index (χ2n) is 2.06. The molecule has 0 aliphatic heterocycles. The van der Waals surface area contributed by atoms with E-state index < -0.39 is 0 Å². The Bertz CT molecular complexity index is 265. The summed E-state index contributed by atoms with van der Waals surface area (Å²) in [6.07, 6.45) is 4.98. The summed E-state index contributed by atoms with van der Waals surface area (Å²) < 4.78 is 6.61. The quantitative estimate of drug-likeness (QED) is 0.564. The SMILES string of the molecule is C#CCOc1nc(C)n(C)n1. The zero-order valence-corrected chi connectivity index (χ0v) is 6.53. The predicted molar refractivity (Wildman–Crippen MR) is 40.1 cm³/mol.